The number of guanidine groups is 1. The number of hydrogen-bond donors (Lipinski definition) is 2. The Hall–Kier alpha value is -2.63. The second-order valence-electron chi connectivity index (χ2n) is 7.09. The molecular formula is C21H27FN4O. The van der Waals surface area contributed by atoms with E-state index in [-0.39, 0.29) is 11.2 Å². The van der Waals surface area contributed by atoms with E-state index in [1.165, 1.54) is 6.07 Å². The van der Waals surface area contributed by atoms with Crippen LogP contribution in [0.15, 0.2) is 35.5 Å². The van der Waals surface area contributed by atoms with Crippen molar-refractivity contribution in [1.82, 2.24) is 15.6 Å². The largest absolute Gasteiger partial charge is 0.496 e. The van der Waals surface area contributed by atoms with E-state index in [0.717, 1.165) is 41.0 Å². The van der Waals surface area contributed by atoms with Crippen LogP contribution in [-0.4, -0.2) is 31.6 Å². The fourth-order valence-corrected chi connectivity index (χ4v) is 3.47. The fourth-order valence-electron chi connectivity index (χ4n) is 3.47. The number of benzene rings is 1. The van der Waals surface area contributed by atoms with Gasteiger partial charge in [-0.05, 0) is 38.3 Å². The lowest BCUT2D eigenvalue weighted by Crippen LogP contribution is -2.41. The Morgan fingerprint density at radius 1 is 1.26 bits per heavy atom. The van der Waals surface area contributed by atoms with Gasteiger partial charge in [-0.2, -0.15) is 0 Å². The first-order chi connectivity index (χ1) is 13.0. The quantitative estimate of drug-likeness (QED) is 0.605. The lowest BCUT2D eigenvalue weighted by molar-refractivity contribution is 0.406. The topological polar surface area (TPSA) is 58.5 Å². The molecule has 5 nitrogen and oxygen atoms in total. The van der Waals surface area contributed by atoms with Gasteiger partial charge in [0.2, 0.25) is 0 Å². The number of nitrogens with one attached hydrogen (secondary N) is 2. The molecule has 1 aliphatic carbocycles. The normalized spacial score (nSPS) is 15.4. The first-order valence-electron chi connectivity index (χ1n) is 9.19. The van der Waals surface area contributed by atoms with Crippen LogP contribution in [0.3, 0.4) is 0 Å². The molecule has 2 N–H and O–H groups in total. The highest BCUT2D eigenvalue weighted by molar-refractivity contribution is 5.79. The number of aromatic nitrogens is 1. The molecule has 0 aliphatic heterocycles. The second kappa shape index (κ2) is 7.94. The summed E-state index contributed by atoms with van der Waals surface area (Å²) in [6.07, 6.45) is 3.78. The zero-order chi connectivity index (χ0) is 19.4. The van der Waals surface area contributed by atoms with Crippen LogP contribution in [0.4, 0.5) is 4.39 Å². The zero-order valence-corrected chi connectivity index (χ0v) is 16.4. The highest BCUT2D eigenvalue weighted by Gasteiger charge is 2.45. The molecule has 144 valence electrons. The highest BCUT2D eigenvalue weighted by atomic mass is 19.1. The van der Waals surface area contributed by atoms with E-state index in [2.05, 4.69) is 20.6 Å². The summed E-state index contributed by atoms with van der Waals surface area (Å²) in [6, 6.07) is 7.03. The summed E-state index contributed by atoms with van der Waals surface area (Å²) in [5.41, 5.74) is 3.60. The average molecular weight is 370 g/mol. The number of pyridine rings is 1. The average Bonchev–Trinajstić information content (AvgIpc) is 3.45. The summed E-state index contributed by atoms with van der Waals surface area (Å²) in [5, 5.41) is 6.63. The van der Waals surface area contributed by atoms with Gasteiger partial charge in [0.1, 0.15) is 11.6 Å². The van der Waals surface area contributed by atoms with E-state index in [1.54, 1.807) is 20.2 Å². The number of halogens is 1. The van der Waals surface area contributed by atoms with Gasteiger partial charge < -0.3 is 15.4 Å². The van der Waals surface area contributed by atoms with Gasteiger partial charge in [0.05, 0.1) is 19.3 Å². The van der Waals surface area contributed by atoms with E-state index in [0.29, 0.717) is 19.0 Å². The number of ether oxygens (including phenoxy) is 1. The molecule has 1 saturated carbocycles. The van der Waals surface area contributed by atoms with E-state index in [1.807, 2.05) is 32.2 Å². The predicted molar refractivity (Wildman–Crippen MR) is 106 cm³/mol. The summed E-state index contributed by atoms with van der Waals surface area (Å²) >= 11 is 0. The molecule has 0 amide bonds. The Kier molecular flexibility index (Phi) is 5.63. The molecule has 0 spiro atoms. The van der Waals surface area contributed by atoms with Crippen LogP contribution in [0.25, 0.3) is 0 Å². The predicted octanol–water partition coefficient (Wildman–Crippen LogP) is 3.24. The molecule has 6 heteroatoms. The first kappa shape index (κ1) is 19.1. The van der Waals surface area contributed by atoms with Crippen LogP contribution in [0, 0.1) is 19.7 Å². The van der Waals surface area contributed by atoms with Crippen LogP contribution in [0.5, 0.6) is 5.75 Å². The van der Waals surface area contributed by atoms with Crippen LogP contribution in [0.1, 0.15) is 35.2 Å². The van der Waals surface area contributed by atoms with Gasteiger partial charge in [0.15, 0.2) is 5.96 Å². The highest BCUT2D eigenvalue weighted by Crippen LogP contribution is 2.48. The van der Waals surface area contributed by atoms with E-state index >= 15 is 0 Å². The molecule has 0 bridgehead atoms. The molecule has 1 aliphatic rings. The summed E-state index contributed by atoms with van der Waals surface area (Å²) < 4.78 is 19.6. The summed E-state index contributed by atoms with van der Waals surface area (Å²) in [7, 11) is 3.40. The van der Waals surface area contributed by atoms with E-state index in [4.69, 9.17) is 4.74 Å². The summed E-state index contributed by atoms with van der Waals surface area (Å²) in [5.74, 6) is 1.41. The summed E-state index contributed by atoms with van der Waals surface area (Å²) in [4.78, 5) is 8.78. The van der Waals surface area contributed by atoms with Gasteiger partial charge in [-0.15, -0.1) is 0 Å². The van der Waals surface area contributed by atoms with E-state index < -0.39 is 0 Å². The smallest absolute Gasteiger partial charge is 0.191 e. The monoisotopic (exact) mass is 370 g/mol. The third-order valence-corrected chi connectivity index (χ3v) is 5.29. The molecule has 1 heterocycles. The maximum atomic E-state index is 14.2. The van der Waals surface area contributed by atoms with Crippen molar-refractivity contribution < 1.29 is 9.13 Å². The molecular weight excluding hydrogens is 343 g/mol. The maximum absolute atomic E-state index is 14.2. The first-order valence-corrected chi connectivity index (χ1v) is 9.19. The molecule has 0 saturated heterocycles. The van der Waals surface area contributed by atoms with Crippen molar-refractivity contribution in [2.75, 3.05) is 20.7 Å². The lowest BCUT2D eigenvalue weighted by atomic mass is 9.95. The van der Waals surface area contributed by atoms with Gasteiger partial charge in [0, 0.05) is 36.3 Å². The van der Waals surface area contributed by atoms with Crippen molar-refractivity contribution >= 4 is 5.96 Å². The van der Waals surface area contributed by atoms with Gasteiger partial charge in [0.25, 0.3) is 0 Å². The van der Waals surface area contributed by atoms with Crippen LogP contribution in [0.2, 0.25) is 0 Å². The van der Waals surface area contributed by atoms with Crippen molar-refractivity contribution in [1.29, 1.82) is 0 Å². The molecule has 27 heavy (non-hydrogen) atoms. The molecule has 1 aromatic carbocycles. The Bertz CT molecular complexity index is 846. The molecule has 3 rings (SSSR count). The number of aliphatic imine (C=N–C) groups is 1. The Labute approximate surface area is 160 Å². The molecule has 0 unspecified atom stereocenters. The third kappa shape index (κ3) is 4.04. The third-order valence-electron chi connectivity index (χ3n) is 5.29. The number of nitrogens with zero attached hydrogens (tertiary/aromatic N) is 2. The van der Waals surface area contributed by atoms with E-state index in [9.17, 15) is 4.39 Å². The number of rotatable bonds is 6. The molecule has 0 radical (unpaired) electrons. The second-order valence-corrected chi connectivity index (χ2v) is 7.09. The SMILES string of the molecule is CN=C(NCc1ncc(C)c(OC)c1C)NCC1(c2ccccc2F)CC1. The Morgan fingerprint density at radius 3 is 2.63 bits per heavy atom. The van der Waals surface area contributed by atoms with Crippen molar-refractivity contribution in [3.63, 3.8) is 0 Å². The molecule has 1 aromatic heterocycles. The van der Waals surface area contributed by atoms with Crippen molar-refractivity contribution in [3.05, 3.63) is 58.7 Å². The van der Waals surface area contributed by atoms with Gasteiger partial charge in [-0.3, -0.25) is 9.98 Å². The zero-order valence-electron chi connectivity index (χ0n) is 16.4. The maximum Gasteiger partial charge on any atom is 0.191 e. The van der Waals surface area contributed by atoms with Gasteiger partial charge >= 0.3 is 0 Å². The minimum Gasteiger partial charge on any atom is -0.496 e. The van der Waals surface area contributed by atoms with Gasteiger partial charge in [-0.25, -0.2) is 4.39 Å². The Morgan fingerprint density at radius 2 is 2.00 bits per heavy atom. The van der Waals surface area contributed by atoms with Crippen LogP contribution in [-0.2, 0) is 12.0 Å². The fraction of sp³-hybridized carbons (Fsp3) is 0.429. The lowest BCUT2D eigenvalue weighted by Gasteiger charge is -2.20. The minimum absolute atomic E-state index is 0.133. The number of aryl methyl sites for hydroxylation is 1. The van der Waals surface area contributed by atoms with Crippen molar-refractivity contribution in [2.45, 2.75) is 38.6 Å². The van der Waals surface area contributed by atoms with Crippen molar-refractivity contribution in [2.24, 2.45) is 4.99 Å². The van der Waals surface area contributed by atoms with Crippen molar-refractivity contribution in [3.8, 4) is 5.75 Å². The standard InChI is InChI=1S/C21H27FN4O/c1-14-11-24-18(15(2)19(14)27-4)12-25-20(23-3)26-13-21(9-10-21)16-7-5-6-8-17(16)22/h5-8,11H,9-10,12-13H2,1-4H3,(H2,23,25,26). The number of hydrogen-bond acceptors (Lipinski definition) is 3. The molecule has 2 aromatic rings. The minimum atomic E-state index is -0.135. The molecule has 0 atom stereocenters. The van der Waals surface area contributed by atoms with Crippen LogP contribution < -0.4 is 15.4 Å². The van der Waals surface area contributed by atoms with Crippen LogP contribution >= 0.6 is 0 Å². The summed E-state index contributed by atoms with van der Waals surface area (Å²) in [6.45, 7) is 5.17. The molecule has 1 fully saturated rings. The number of methoxy groups -OCH3 is 1. The van der Waals surface area contributed by atoms with Gasteiger partial charge in [-0.1, -0.05) is 18.2 Å². The Balaban J connectivity index is 1.62.